The summed E-state index contributed by atoms with van der Waals surface area (Å²) in [7, 11) is 0. The topological polar surface area (TPSA) is 37.8 Å². The van der Waals surface area contributed by atoms with Gasteiger partial charge in [-0.05, 0) is 25.1 Å². The maximum absolute atomic E-state index is 5.90. The van der Waals surface area contributed by atoms with Gasteiger partial charge in [-0.25, -0.2) is 9.97 Å². The first-order valence-electron chi connectivity index (χ1n) is 4.77. The molecule has 3 nitrogen and oxygen atoms in total. The molecule has 0 atom stereocenters. The summed E-state index contributed by atoms with van der Waals surface area (Å²) >= 11 is 17.6. The van der Waals surface area contributed by atoms with E-state index in [0.29, 0.717) is 26.8 Å². The van der Waals surface area contributed by atoms with Crippen LogP contribution in [-0.4, -0.2) is 9.97 Å². The van der Waals surface area contributed by atoms with E-state index < -0.39 is 0 Å². The fourth-order valence-corrected chi connectivity index (χ4v) is 2.12. The standard InChI is InChI=1S/C11H8Cl3N3/c1-6-15-10(14)5-11(16-6)17-9-3-7(12)2-8(13)4-9/h2-5H,1H3,(H,15,16,17). The monoisotopic (exact) mass is 287 g/mol. The van der Waals surface area contributed by atoms with Crippen LogP contribution in [-0.2, 0) is 0 Å². The highest BCUT2D eigenvalue weighted by Gasteiger charge is 2.02. The van der Waals surface area contributed by atoms with Crippen molar-refractivity contribution in [2.75, 3.05) is 5.32 Å². The predicted molar refractivity (Wildman–Crippen MR) is 71.5 cm³/mol. The lowest BCUT2D eigenvalue weighted by Crippen LogP contribution is -1.97. The zero-order chi connectivity index (χ0) is 12.4. The molecule has 0 aliphatic carbocycles. The molecule has 0 radical (unpaired) electrons. The number of aromatic nitrogens is 2. The molecule has 2 rings (SSSR count). The van der Waals surface area contributed by atoms with Gasteiger partial charge in [0, 0.05) is 21.8 Å². The van der Waals surface area contributed by atoms with Crippen LogP contribution in [0.5, 0.6) is 0 Å². The Hall–Kier alpha value is -1.03. The number of hydrogen-bond acceptors (Lipinski definition) is 3. The first-order valence-corrected chi connectivity index (χ1v) is 5.90. The molecule has 0 amide bonds. The summed E-state index contributed by atoms with van der Waals surface area (Å²) in [5.74, 6) is 1.19. The minimum absolute atomic E-state index is 0.383. The number of aryl methyl sites for hydroxylation is 1. The smallest absolute Gasteiger partial charge is 0.135 e. The third-order valence-corrected chi connectivity index (χ3v) is 2.57. The number of nitrogens with zero attached hydrogens (tertiary/aromatic N) is 2. The van der Waals surface area contributed by atoms with Crippen molar-refractivity contribution in [3.05, 3.63) is 45.3 Å². The van der Waals surface area contributed by atoms with Crippen LogP contribution < -0.4 is 5.32 Å². The third kappa shape index (κ3) is 3.46. The molecule has 1 aromatic heterocycles. The van der Waals surface area contributed by atoms with Crippen LogP contribution in [0.1, 0.15) is 5.82 Å². The molecular formula is C11H8Cl3N3. The van der Waals surface area contributed by atoms with Crippen LogP contribution in [0.2, 0.25) is 15.2 Å². The molecular weight excluding hydrogens is 281 g/mol. The number of hydrogen-bond donors (Lipinski definition) is 1. The van der Waals surface area contributed by atoms with Crippen LogP contribution in [0, 0.1) is 6.92 Å². The first-order chi connectivity index (χ1) is 8.02. The second-order valence-corrected chi connectivity index (χ2v) is 4.67. The van der Waals surface area contributed by atoms with Crippen LogP contribution in [0.4, 0.5) is 11.5 Å². The summed E-state index contributed by atoms with van der Waals surface area (Å²) in [6.45, 7) is 1.77. The van der Waals surface area contributed by atoms with E-state index in [1.165, 1.54) is 0 Å². The fourth-order valence-electron chi connectivity index (χ4n) is 1.37. The summed E-state index contributed by atoms with van der Waals surface area (Å²) in [5, 5.41) is 4.55. The van der Waals surface area contributed by atoms with Crippen molar-refractivity contribution in [1.82, 2.24) is 9.97 Å². The summed E-state index contributed by atoms with van der Waals surface area (Å²) in [5.41, 5.74) is 0.747. The maximum Gasteiger partial charge on any atom is 0.135 e. The largest absolute Gasteiger partial charge is 0.340 e. The lowest BCUT2D eigenvalue weighted by molar-refractivity contribution is 1.06. The van der Waals surface area contributed by atoms with E-state index >= 15 is 0 Å². The third-order valence-electron chi connectivity index (χ3n) is 1.94. The van der Waals surface area contributed by atoms with Gasteiger partial charge >= 0.3 is 0 Å². The van der Waals surface area contributed by atoms with E-state index in [1.54, 1.807) is 31.2 Å². The summed E-state index contributed by atoms with van der Waals surface area (Å²) in [6, 6.07) is 6.79. The molecule has 17 heavy (non-hydrogen) atoms. The molecule has 0 fully saturated rings. The minimum atomic E-state index is 0.383. The molecule has 1 heterocycles. The van der Waals surface area contributed by atoms with E-state index in [1.807, 2.05) is 0 Å². The molecule has 0 spiro atoms. The predicted octanol–water partition coefficient (Wildman–Crippen LogP) is 4.49. The molecule has 0 saturated carbocycles. The summed E-state index contributed by atoms with van der Waals surface area (Å²) in [4.78, 5) is 8.17. The molecule has 0 saturated heterocycles. The molecule has 0 bridgehead atoms. The summed E-state index contributed by atoms with van der Waals surface area (Å²) < 4.78 is 0. The number of nitrogens with one attached hydrogen (secondary N) is 1. The van der Waals surface area contributed by atoms with E-state index in [-0.39, 0.29) is 0 Å². The second kappa shape index (κ2) is 5.08. The molecule has 0 aliphatic heterocycles. The molecule has 2 aromatic rings. The maximum atomic E-state index is 5.90. The van der Waals surface area contributed by atoms with Crippen molar-refractivity contribution >= 4 is 46.3 Å². The zero-order valence-corrected chi connectivity index (χ0v) is 11.1. The highest BCUT2D eigenvalue weighted by molar-refractivity contribution is 6.35. The fraction of sp³-hybridized carbons (Fsp3) is 0.0909. The molecule has 1 N–H and O–H groups in total. The molecule has 0 aliphatic rings. The average Bonchev–Trinajstić information content (AvgIpc) is 2.13. The summed E-state index contributed by atoms with van der Waals surface area (Å²) in [6.07, 6.45) is 0. The number of anilines is 2. The van der Waals surface area contributed by atoms with E-state index in [0.717, 1.165) is 5.69 Å². The van der Waals surface area contributed by atoms with Crippen molar-refractivity contribution in [3.8, 4) is 0 Å². The van der Waals surface area contributed by atoms with Crippen LogP contribution >= 0.6 is 34.8 Å². The molecule has 0 unspecified atom stereocenters. The Labute approximate surface area is 114 Å². The van der Waals surface area contributed by atoms with Gasteiger partial charge in [-0.1, -0.05) is 34.8 Å². The number of rotatable bonds is 2. The van der Waals surface area contributed by atoms with E-state index in [2.05, 4.69) is 15.3 Å². The normalized spacial score (nSPS) is 10.4. The zero-order valence-electron chi connectivity index (χ0n) is 8.84. The average molecular weight is 289 g/mol. The van der Waals surface area contributed by atoms with Gasteiger partial charge in [-0.2, -0.15) is 0 Å². The Morgan fingerprint density at radius 3 is 2.18 bits per heavy atom. The van der Waals surface area contributed by atoms with E-state index in [9.17, 15) is 0 Å². The molecule has 88 valence electrons. The first kappa shape index (κ1) is 12.4. The Morgan fingerprint density at radius 1 is 0.941 bits per heavy atom. The quantitative estimate of drug-likeness (QED) is 0.827. The van der Waals surface area contributed by atoms with Gasteiger partial charge in [-0.15, -0.1) is 0 Å². The van der Waals surface area contributed by atoms with Gasteiger partial charge in [0.1, 0.15) is 16.8 Å². The van der Waals surface area contributed by atoms with Crippen molar-refractivity contribution in [2.45, 2.75) is 6.92 Å². The van der Waals surface area contributed by atoms with E-state index in [4.69, 9.17) is 34.8 Å². The van der Waals surface area contributed by atoms with Crippen molar-refractivity contribution in [1.29, 1.82) is 0 Å². The SMILES string of the molecule is Cc1nc(Cl)cc(Nc2cc(Cl)cc(Cl)c2)n1. The van der Waals surface area contributed by atoms with Gasteiger partial charge < -0.3 is 5.32 Å². The lowest BCUT2D eigenvalue weighted by atomic mass is 10.3. The Kier molecular flexibility index (Phi) is 3.72. The Morgan fingerprint density at radius 2 is 1.59 bits per heavy atom. The lowest BCUT2D eigenvalue weighted by Gasteiger charge is -2.07. The van der Waals surface area contributed by atoms with Gasteiger partial charge in [-0.3, -0.25) is 0 Å². The van der Waals surface area contributed by atoms with Gasteiger partial charge in [0.05, 0.1) is 0 Å². The Balaban J connectivity index is 2.31. The Bertz CT molecular complexity index is 468. The van der Waals surface area contributed by atoms with Crippen molar-refractivity contribution in [2.24, 2.45) is 0 Å². The van der Waals surface area contributed by atoms with Crippen molar-refractivity contribution in [3.63, 3.8) is 0 Å². The minimum Gasteiger partial charge on any atom is -0.340 e. The number of benzene rings is 1. The van der Waals surface area contributed by atoms with Crippen LogP contribution in [0.15, 0.2) is 24.3 Å². The highest BCUT2D eigenvalue weighted by Crippen LogP contribution is 2.25. The van der Waals surface area contributed by atoms with Gasteiger partial charge in [0.15, 0.2) is 0 Å². The van der Waals surface area contributed by atoms with Gasteiger partial charge in [0.25, 0.3) is 0 Å². The van der Waals surface area contributed by atoms with Crippen molar-refractivity contribution < 1.29 is 0 Å². The molecule has 6 heteroatoms. The second-order valence-electron chi connectivity index (χ2n) is 3.41. The van der Waals surface area contributed by atoms with Crippen LogP contribution in [0.25, 0.3) is 0 Å². The molecule has 1 aromatic carbocycles. The van der Waals surface area contributed by atoms with Crippen LogP contribution in [0.3, 0.4) is 0 Å². The number of halogens is 3. The van der Waals surface area contributed by atoms with Gasteiger partial charge in [0.2, 0.25) is 0 Å². The highest BCUT2D eigenvalue weighted by atomic mass is 35.5.